The van der Waals surface area contributed by atoms with E-state index in [9.17, 15) is 4.79 Å². The summed E-state index contributed by atoms with van der Waals surface area (Å²) in [6.07, 6.45) is 2.11. The van der Waals surface area contributed by atoms with Crippen LogP contribution in [-0.4, -0.2) is 30.5 Å². The van der Waals surface area contributed by atoms with Crippen molar-refractivity contribution in [2.45, 2.75) is 26.7 Å². The van der Waals surface area contributed by atoms with Crippen molar-refractivity contribution in [1.82, 2.24) is 4.90 Å². The van der Waals surface area contributed by atoms with Crippen molar-refractivity contribution in [2.24, 2.45) is 11.8 Å². The van der Waals surface area contributed by atoms with Crippen molar-refractivity contribution in [2.75, 3.05) is 19.7 Å². The topological polar surface area (TPSA) is 29.5 Å². The Hall–Kier alpha value is -1.51. The highest BCUT2D eigenvalue weighted by Gasteiger charge is 2.38. The molecule has 2 unspecified atom stereocenters. The van der Waals surface area contributed by atoms with Crippen molar-refractivity contribution in [3.63, 3.8) is 0 Å². The Balaban J connectivity index is 1.84. The largest absolute Gasteiger partial charge is 0.493 e. The van der Waals surface area contributed by atoms with E-state index in [2.05, 4.69) is 0 Å². The Bertz CT molecular complexity index is 400. The van der Waals surface area contributed by atoms with Crippen LogP contribution in [0.4, 0.5) is 0 Å². The average molecular weight is 261 g/mol. The summed E-state index contributed by atoms with van der Waals surface area (Å²) in [6.45, 7) is 6.34. The van der Waals surface area contributed by atoms with E-state index in [1.165, 1.54) is 0 Å². The number of rotatable bonds is 6. The van der Waals surface area contributed by atoms with Crippen molar-refractivity contribution in [1.29, 1.82) is 0 Å². The van der Waals surface area contributed by atoms with Crippen molar-refractivity contribution in [3.8, 4) is 5.75 Å². The first-order chi connectivity index (χ1) is 9.26. The quantitative estimate of drug-likeness (QED) is 0.788. The molecular weight excluding hydrogens is 238 g/mol. The van der Waals surface area contributed by atoms with Crippen LogP contribution in [0, 0.1) is 11.8 Å². The van der Waals surface area contributed by atoms with Crippen LogP contribution in [0.2, 0.25) is 0 Å². The molecule has 3 heteroatoms. The molecule has 0 bridgehead atoms. The molecule has 1 aromatic rings. The van der Waals surface area contributed by atoms with Gasteiger partial charge in [-0.15, -0.1) is 0 Å². The first-order valence-corrected chi connectivity index (χ1v) is 7.22. The average Bonchev–Trinajstić information content (AvgIpc) is 2.40. The minimum Gasteiger partial charge on any atom is -0.493 e. The van der Waals surface area contributed by atoms with Gasteiger partial charge in [-0.05, 0) is 38.8 Å². The Labute approximate surface area is 115 Å². The lowest BCUT2D eigenvalue weighted by atomic mass is 9.73. The Kier molecular flexibility index (Phi) is 4.83. The summed E-state index contributed by atoms with van der Waals surface area (Å²) in [7, 11) is 0. The maximum absolute atomic E-state index is 12.3. The zero-order valence-corrected chi connectivity index (χ0v) is 11.8. The van der Waals surface area contributed by atoms with Gasteiger partial charge in [-0.25, -0.2) is 0 Å². The smallest absolute Gasteiger partial charge is 0.226 e. The molecule has 0 radical (unpaired) electrons. The molecule has 2 atom stereocenters. The number of amides is 1. The highest BCUT2D eigenvalue weighted by atomic mass is 16.5. The fourth-order valence-corrected chi connectivity index (χ4v) is 2.58. The van der Waals surface area contributed by atoms with Gasteiger partial charge in [0.1, 0.15) is 5.75 Å². The van der Waals surface area contributed by atoms with Crippen molar-refractivity contribution < 1.29 is 9.53 Å². The van der Waals surface area contributed by atoms with E-state index in [-0.39, 0.29) is 5.92 Å². The second-order valence-corrected chi connectivity index (χ2v) is 5.08. The van der Waals surface area contributed by atoms with Gasteiger partial charge in [-0.2, -0.15) is 0 Å². The third kappa shape index (κ3) is 3.28. The zero-order valence-electron chi connectivity index (χ0n) is 11.8. The first-order valence-electron chi connectivity index (χ1n) is 7.22. The summed E-state index contributed by atoms with van der Waals surface area (Å²) in [5.74, 6) is 1.75. The van der Waals surface area contributed by atoms with E-state index in [1.807, 2.05) is 49.1 Å². The normalized spacial score (nSPS) is 21.6. The van der Waals surface area contributed by atoms with Crippen LogP contribution in [0.5, 0.6) is 5.75 Å². The molecule has 1 fully saturated rings. The Morgan fingerprint density at radius 1 is 1.21 bits per heavy atom. The van der Waals surface area contributed by atoms with E-state index in [0.717, 1.165) is 31.7 Å². The number of ether oxygens (including phenoxy) is 1. The monoisotopic (exact) mass is 261 g/mol. The Morgan fingerprint density at radius 2 is 1.89 bits per heavy atom. The lowest BCUT2D eigenvalue weighted by molar-refractivity contribution is -0.141. The summed E-state index contributed by atoms with van der Waals surface area (Å²) in [5.41, 5.74) is 0. The summed E-state index contributed by atoms with van der Waals surface area (Å²) in [6, 6.07) is 9.83. The molecule has 0 saturated heterocycles. The van der Waals surface area contributed by atoms with Crippen LogP contribution in [0.1, 0.15) is 26.7 Å². The summed E-state index contributed by atoms with van der Waals surface area (Å²) in [4.78, 5) is 14.2. The van der Waals surface area contributed by atoms with E-state index >= 15 is 0 Å². The fourth-order valence-electron chi connectivity index (χ4n) is 2.58. The Morgan fingerprint density at radius 3 is 2.42 bits per heavy atom. The van der Waals surface area contributed by atoms with Crippen LogP contribution < -0.4 is 4.74 Å². The molecule has 1 saturated carbocycles. The van der Waals surface area contributed by atoms with Gasteiger partial charge in [0.25, 0.3) is 0 Å². The standard InChI is InChI=1S/C16H23NO2/c1-3-17(4-2)16(18)15-11-10-13(15)12-19-14-8-6-5-7-9-14/h5-9,13,15H,3-4,10-12H2,1-2H3. The van der Waals surface area contributed by atoms with Gasteiger partial charge >= 0.3 is 0 Å². The maximum Gasteiger partial charge on any atom is 0.226 e. The van der Waals surface area contributed by atoms with Crippen LogP contribution in [-0.2, 0) is 4.79 Å². The number of para-hydroxylation sites is 1. The lowest BCUT2D eigenvalue weighted by Crippen LogP contribution is -2.45. The van der Waals surface area contributed by atoms with Gasteiger partial charge < -0.3 is 9.64 Å². The highest BCUT2D eigenvalue weighted by molar-refractivity contribution is 5.80. The van der Waals surface area contributed by atoms with Gasteiger partial charge in [0.05, 0.1) is 6.61 Å². The van der Waals surface area contributed by atoms with Gasteiger partial charge in [-0.3, -0.25) is 4.79 Å². The van der Waals surface area contributed by atoms with Gasteiger partial charge in [0.2, 0.25) is 5.91 Å². The predicted octanol–water partition coefficient (Wildman–Crippen LogP) is 2.96. The zero-order chi connectivity index (χ0) is 13.7. The minimum atomic E-state index is 0.170. The molecule has 3 nitrogen and oxygen atoms in total. The maximum atomic E-state index is 12.3. The SMILES string of the molecule is CCN(CC)C(=O)C1CCC1COc1ccccc1. The molecule has 1 amide bonds. The first kappa shape index (κ1) is 13.9. The number of carbonyl (C=O) groups excluding carboxylic acids is 1. The summed E-state index contributed by atoms with van der Waals surface area (Å²) >= 11 is 0. The molecule has 1 aliphatic carbocycles. The molecule has 2 rings (SSSR count). The number of carbonyl (C=O) groups is 1. The molecule has 1 aliphatic rings. The summed E-state index contributed by atoms with van der Waals surface area (Å²) < 4.78 is 5.77. The number of hydrogen-bond acceptors (Lipinski definition) is 2. The van der Waals surface area contributed by atoms with Crippen LogP contribution >= 0.6 is 0 Å². The molecule has 0 aliphatic heterocycles. The molecule has 0 heterocycles. The number of benzene rings is 1. The van der Waals surface area contributed by atoms with Gasteiger partial charge in [0, 0.05) is 24.9 Å². The second kappa shape index (κ2) is 6.60. The summed E-state index contributed by atoms with van der Waals surface area (Å²) in [5, 5.41) is 0. The van der Waals surface area contributed by atoms with Crippen molar-refractivity contribution >= 4 is 5.91 Å². The van der Waals surface area contributed by atoms with Crippen LogP contribution in [0.15, 0.2) is 30.3 Å². The third-order valence-corrected chi connectivity index (χ3v) is 4.02. The van der Waals surface area contributed by atoms with Crippen LogP contribution in [0.25, 0.3) is 0 Å². The lowest BCUT2D eigenvalue weighted by Gasteiger charge is -2.38. The molecule has 104 valence electrons. The van der Waals surface area contributed by atoms with E-state index in [1.54, 1.807) is 0 Å². The van der Waals surface area contributed by atoms with Gasteiger partial charge in [0.15, 0.2) is 0 Å². The highest BCUT2D eigenvalue weighted by Crippen LogP contribution is 2.36. The molecule has 1 aromatic carbocycles. The third-order valence-electron chi connectivity index (χ3n) is 4.02. The van der Waals surface area contributed by atoms with E-state index < -0.39 is 0 Å². The number of nitrogens with zero attached hydrogens (tertiary/aromatic N) is 1. The van der Waals surface area contributed by atoms with Crippen molar-refractivity contribution in [3.05, 3.63) is 30.3 Å². The predicted molar refractivity (Wildman–Crippen MR) is 76.1 cm³/mol. The minimum absolute atomic E-state index is 0.170. The second-order valence-electron chi connectivity index (χ2n) is 5.08. The van der Waals surface area contributed by atoms with E-state index in [4.69, 9.17) is 4.74 Å². The fraction of sp³-hybridized carbons (Fsp3) is 0.562. The van der Waals surface area contributed by atoms with E-state index in [0.29, 0.717) is 18.4 Å². The molecule has 0 spiro atoms. The molecule has 0 N–H and O–H groups in total. The molecule has 19 heavy (non-hydrogen) atoms. The van der Waals surface area contributed by atoms with Gasteiger partial charge in [-0.1, -0.05) is 18.2 Å². The molecule has 0 aromatic heterocycles. The molecular formula is C16H23NO2. The number of hydrogen-bond donors (Lipinski definition) is 0. The van der Waals surface area contributed by atoms with Crippen LogP contribution in [0.3, 0.4) is 0 Å².